The Labute approximate surface area is 84.8 Å². The maximum atomic E-state index is 9.96. The first-order valence-corrected chi connectivity index (χ1v) is 4.69. The molecule has 0 aromatic heterocycles. The summed E-state index contributed by atoms with van der Waals surface area (Å²) in [5.41, 5.74) is 0. The average Bonchev–Trinajstić information content (AvgIpc) is 2.53. The summed E-state index contributed by atoms with van der Waals surface area (Å²) in [7, 11) is 0. The van der Waals surface area contributed by atoms with Crippen molar-refractivity contribution in [1.29, 1.82) is 0 Å². The molecule has 4 heteroatoms. The first-order chi connectivity index (χ1) is 6.52. The van der Waals surface area contributed by atoms with Gasteiger partial charge in [0.1, 0.15) is 0 Å². The Morgan fingerprint density at radius 1 is 1.21 bits per heavy atom. The normalized spacial score (nSPS) is 14.3. The molecule has 1 aliphatic heterocycles. The van der Waals surface area contributed by atoms with Crippen LogP contribution in [-0.4, -0.2) is 18.2 Å². The number of hydrogen-bond acceptors (Lipinski definition) is 4. The van der Waals surface area contributed by atoms with Crippen molar-refractivity contribution in [3.05, 3.63) is 12.3 Å². The topological polar surface area (TPSA) is 44.8 Å². The molecule has 82 valence electrons. The molecule has 0 atom stereocenters. The zero-order chi connectivity index (χ0) is 11.0. The van der Waals surface area contributed by atoms with E-state index in [1.165, 1.54) is 6.26 Å². The predicted octanol–water partition coefficient (Wildman–Crippen LogP) is 2.20. The Bertz CT molecular complexity index is 167. The van der Waals surface area contributed by atoms with E-state index < -0.39 is 0 Å². The zero-order valence-electron chi connectivity index (χ0n) is 9.15. The van der Waals surface area contributed by atoms with E-state index in [0.717, 1.165) is 0 Å². The van der Waals surface area contributed by atoms with Crippen LogP contribution in [0.15, 0.2) is 12.3 Å². The van der Waals surface area contributed by atoms with E-state index in [1.54, 1.807) is 6.08 Å². The van der Waals surface area contributed by atoms with Crippen LogP contribution >= 0.6 is 0 Å². The fourth-order valence-corrected chi connectivity index (χ4v) is 0.539. The molecule has 14 heavy (non-hydrogen) atoms. The molecule has 0 unspecified atom stereocenters. The fraction of sp³-hybridized carbons (Fsp3) is 0.700. The number of rotatable bonds is 3. The van der Waals surface area contributed by atoms with Gasteiger partial charge in [-0.05, 0) is 33.8 Å². The van der Waals surface area contributed by atoms with E-state index in [2.05, 4.69) is 4.74 Å². The third-order valence-corrected chi connectivity index (χ3v) is 1.02. The minimum Gasteiger partial charge on any atom is -0.435 e. The standard InChI is InChI=1S/C6H14O2.C4H4O2/c1-5(2)7-8-6(3)4;5-4-2-1-3-6-4/h5-6H,1-4H3;1,3H,2H2. The summed E-state index contributed by atoms with van der Waals surface area (Å²) < 4.78 is 4.33. The van der Waals surface area contributed by atoms with Crippen molar-refractivity contribution in [2.24, 2.45) is 0 Å². The molecular formula is C10H18O4. The lowest BCUT2D eigenvalue weighted by atomic mass is 10.5. The van der Waals surface area contributed by atoms with Gasteiger partial charge in [0.2, 0.25) is 0 Å². The van der Waals surface area contributed by atoms with Crippen molar-refractivity contribution in [3.8, 4) is 0 Å². The molecule has 0 aliphatic carbocycles. The second-order valence-electron chi connectivity index (χ2n) is 3.36. The minimum atomic E-state index is -0.157. The van der Waals surface area contributed by atoms with Gasteiger partial charge >= 0.3 is 5.97 Å². The smallest absolute Gasteiger partial charge is 0.314 e. The number of cyclic esters (lactones) is 1. The molecule has 0 saturated heterocycles. The third-order valence-electron chi connectivity index (χ3n) is 1.02. The third kappa shape index (κ3) is 9.22. The fourth-order valence-electron chi connectivity index (χ4n) is 0.539. The van der Waals surface area contributed by atoms with Crippen LogP contribution in [0.25, 0.3) is 0 Å². The molecule has 0 spiro atoms. The highest BCUT2D eigenvalue weighted by atomic mass is 17.2. The molecule has 0 aromatic carbocycles. The highest BCUT2D eigenvalue weighted by Gasteiger charge is 2.00. The summed E-state index contributed by atoms with van der Waals surface area (Å²) in [6.07, 6.45) is 3.86. The van der Waals surface area contributed by atoms with E-state index >= 15 is 0 Å². The van der Waals surface area contributed by atoms with Crippen LogP contribution in [0.2, 0.25) is 0 Å². The van der Waals surface area contributed by atoms with Crippen molar-refractivity contribution in [2.75, 3.05) is 0 Å². The van der Waals surface area contributed by atoms with Gasteiger partial charge in [-0.3, -0.25) is 4.79 Å². The van der Waals surface area contributed by atoms with Crippen LogP contribution in [0.1, 0.15) is 34.1 Å². The quantitative estimate of drug-likeness (QED) is 0.400. The number of carbonyl (C=O) groups excluding carboxylic acids is 1. The van der Waals surface area contributed by atoms with Crippen LogP contribution in [0.3, 0.4) is 0 Å². The van der Waals surface area contributed by atoms with Crippen molar-refractivity contribution in [3.63, 3.8) is 0 Å². The Hall–Kier alpha value is -0.870. The van der Waals surface area contributed by atoms with E-state index in [0.29, 0.717) is 6.42 Å². The van der Waals surface area contributed by atoms with Gasteiger partial charge in [0, 0.05) is 0 Å². The van der Waals surface area contributed by atoms with Crippen molar-refractivity contribution in [1.82, 2.24) is 0 Å². The first kappa shape index (κ1) is 13.1. The molecule has 0 fully saturated rings. The van der Waals surface area contributed by atoms with Gasteiger partial charge in [0.05, 0.1) is 24.9 Å². The first-order valence-electron chi connectivity index (χ1n) is 4.69. The van der Waals surface area contributed by atoms with E-state index in [1.807, 2.05) is 27.7 Å². The predicted molar refractivity (Wildman–Crippen MR) is 52.3 cm³/mol. The Morgan fingerprint density at radius 3 is 1.86 bits per heavy atom. The van der Waals surface area contributed by atoms with Gasteiger partial charge in [-0.25, -0.2) is 9.78 Å². The van der Waals surface area contributed by atoms with Crippen molar-refractivity contribution >= 4 is 5.97 Å². The maximum Gasteiger partial charge on any atom is 0.314 e. The molecule has 1 heterocycles. The highest BCUT2D eigenvalue weighted by molar-refractivity contribution is 5.73. The summed E-state index contributed by atoms with van der Waals surface area (Å²) >= 11 is 0. The molecule has 0 amide bonds. The largest absolute Gasteiger partial charge is 0.435 e. The van der Waals surface area contributed by atoms with Crippen LogP contribution in [0.4, 0.5) is 0 Å². The Morgan fingerprint density at radius 2 is 1.71 bits per heavy atom. The molecule has 1 rings (SSSR count). The number of ether oxygens (including phenoxy) is 1. The SMILES string of the molecule is CC(C)OOC(C)C.O=C1CC=CO1. The van der Waals surface area contributed by atoms with Crippen molar-refractivity contribution < 1.29 is 19.3 Å². The molecule has 1 aliphatic rings. The number of esters is 1. The summed E-state index contributed by atoms with van der Waals surface area (Å²) in [5, 5.41) is 0. The van der Waals surface area contributed by atoms with E-state index in [4.69, 9.17) is 9.78 Å². The van der Waals surface area contributed by atoms with Crippen LogP contribution in [0.5, 0.6) is 0 Å². The lowest BCUT2D eigenvalue weighted by Crippen LogP contribution is -2.08. The number of hydrogen-bond donors (Lipinski definition) is 0. The van der Waals surface area contributed by atoms with Gasteiger partial charge in [0.25, 0.3) is 0 Å². The molecule has 0 N–H and O–H groups in total. The van der Waals surface area contributed by atoms with Crippen LogP contribution in [-0.2, 0) is 19.3 Å². The lowest BCUT2D eigenvalue weighted by Gasteiger charge is -2.08. The molecule has 0 aromatic rings. The minimum absolute atomic E-state index is 0.157. The highest BCUT2D eigenvalue weighted by Crippen LogP contribution is 1.96. The van der Waals surface area contributed by atoms with E-state index in [-0.39, 0.29) is 18.2 Å². The monoisotopic (exact) mass is 202 g/mol. The van der Waals surface area contributed by atoms with Crippen molar-refractivity contribution in [2.45, 2.75) is 46.3 Å². The molecule has 0 saturated carbocycles. The summed E-state index contributed by atoms with van der Waals surface area (Å²) in [5.74, 6) is -0.157. The second-order valence-corrected chi connectivity index (χ2v) is 3.36. The molecule has 0 bridgehead atoms. The average molecular weight is 202 g/mol. The summed E-state index contributed by atoms with van der Waals surface area (Å²) in [6, 6.07) is 0. The number of carbonyl (C=O) groups is 1. The summed E-state index contributed by atoms with van der Waals surface area (Å²) in [6.45, 7) is 7.73. The van der Waals surface area contributed by atoms with E-state index in [9.17, 15) is 4.79 Å². The van der Waals surface area contributed by atoms with Gasteiger partial charge in [-0.2, -0.15) is 0 Å². The summed E-state index contributed by atoms with van der Waals surface area (Å²) in [4.78, 5) is 19.6. The van der Waals surface area contributed by atoms with Gasteiger partial charge < -0.3 is 4.74 Å². The lowest BCUT2D eigenvalue weighted by molar-refractivity contribution is -0.337. The van der Waals surface area contributed by atoms with Crippen LogP contribution in [0, 0.1) is 0 Å². The Balaban J connectivity index is 0.000000249. The van der Waals surface area contributed by atoms with Gasteiger partial charge in [-0.15, -0.1) is 0 Å². The van der Waals surface area contributed by atoms with Crippen LogP contribution < -0.4 is 0 Å². The second kappa shape index (κ2) is 7.53. The Kier molecular flexibility index (Phi) is 7.06. The maximum absolute atomic E-state index is 9.96. The molecular weight excluding hydrogens is 184 g/mol. The van der Waals surface area contributed by atoms with Gasteiger partial charge in [0.15, 0.2) is 0 Å². The zero-order valence-corrected chi connectivity index (χ0v) is 9.15. The molecule has 4 nitrogen and oxygen atoms in total. The van der Waals surface area contributed by atoms with Gasteiger partial charge in [-0.1, -0.05) is 0 Å². The molecule has 0 radical (unpaired) electrons.